The highest BCUT2D eigenvalue weighted by molar-refractivity contribution is 5.72. The van der Waals surface area contributed by atoms with E-state index in [2.05, 4.69) is 6.08 Å². The molecule has 4 saturated carbocycles. The second-order valence-electron chi connectivity index (χ2n) is 7.23. The lowest BCUT2D eigenvalue weighted by atomic mass is 9.49. The maximum atomic E-state index is 11.1. The highest BCUT2D eigenvalue weighted by Crippen LogP contribution is 2.60. The monoisotopic (exact) mass is 248 g/mol. The average Bonchev–Trinajstić information content (AvgIpc) is 2.24. The van der Waals surface area contributed by atoms with Crippen LogP contribution < -0.4 is 0 Å². The number of carboxylic acids is 1. The molecule has 0 radical (unpaired) electrons. The van der Waals surface area contributed by atoms with Crippen molar-refractivity contribution in [2.45, 2.75) is 52.4 Å². The Morgan fingerprint density at radius 1 is 1.17 bits per heavy atom. The quantitative estimate of drug-likeness (QED) is 0.770. The van der Waals surface area contributed by atoms with Crippen LogP contribution >= 0.6 is 0 Å². The van der Waals surface area contributed by atoms with Gasteiger partial charge in [-0.2, -0.15) is 0 Å². The van der Waals surface area contributed by atoms with E-state index >= 15 is 0 Å². The molecule has 0 aliphatic heterocycles. The van der Waals surface area contributed by atoms with Crippen LogP contribution in [0.15, 0.2) is 11.6 Å². The largest absolute Gasteiger partial charge is 0.481 e. The Morgan fingerprint density at radius 2 is 1.61 bits per heavy atom. The van der Waals surface area contributed by atoms with Gasteiger partial charge in [0.05, 0.1) is 5.92 Å². The maximum Gasteiger partial charge on any atom is 0.310 e. The molecule has 100 valence electrons. The summed E-state index contributed by atoms with van der Waals surface area (Å²) in [6.07, 6.45) is 10.7. The molecular weight excluding hydrogens is 224 g/mol. The molecule has 0 aromatic carbocycles. The first-order valence-electron chi connectivity index (χ1n) is 7.39. The van der Waals surface area contributed by atoms with Crippen molar-refractivity contribution in [1.29, 1.82) is 0 Å². The van der Waals surface area contributed by atoms with Crippen LogP contribution in [0.2, 0.25) is 0 Å². The Bertz CT molecular complexity index is 359. The van der Waals surface area contributed by atoms with Gasteiger partial charge in [0.25, 0.3) is 0 Å². The van der Waals surface area contributed by atoms with E-state index in [1.807, 2.05) is 13.8 Å². The molecule has 1 atom stereocenters. The molecule has 1 N–H and O–H groups in total. The molecule has 4 aliphatic carbocycles. The van der Waals surface area contributed by atoms with Crippen molar-refractivity contribution >= 4 is 5.97 Å². The van der Waals surface area contributed by atoms with Gasteiger partial charge >= 0.3 is 5.97 Å². The van der Waals surface area contributed by atoms with Crippen LogP contribution in [-0.4, -0.2) is 11.1 Å². The molecule has 0 aromatic heterocycles. The van der Waals surface area contributed by atoms with Crippen molar-refractivity contribution in [1.82, 2.24) is 0 Å². The van der Waals surface area contributed by atoms with Gasteiger partial charge in [-0.3, -0.25) is 4.79 Å². The second kappa shape index (κ2) is 4.11. The standard InChI is InChI=1S/C16H24O2/c1-10(11(2)15(17)18)6-16-7-12-3-13(8-16)5-14(4-12)9-16/h6,11-14H,3-5,7-9H2,1-2H3,(H,17,18)/b10-6+. The minimum atomic E-state index is -0.687. The van der Waals surface area contributed by atoms with Gasteiger partial charge in [-0.05, 0) is 75.5 Å². The lowest BCUT2D eigenvalue weighted by Gasteiger charge is -2.56. The van der Waals surface area contributed by atoms with E-state index < -0.39 is 5.97 Å². The molecule has 2 nitrogen and oxygen atoms in total. The Hall–Kier alpha value is -0.790. The molecule has 4 bridgehead atoms. The fourth-order valence-corrected chi connectivity index (χ4v) is 5.16. The minimum absolute atomic E-state index is 0.321. The molecule has 0 heterocycles. The smallest absolute Gasteiger partial charge is 0.310 e. The fraction of sp³-hybridized carbons (Fsp3) is 0.812. The van der Waals surface area contributed by atoms with Crippen LogP contribution in [0.1, 0.15) is 52.4 Å². The van der Waals surface area contributed by atoms with E-state index in [0.717, 1.165) is 23.3 Å². The minimum Gasteiger partial charge on any atom is -0.481 e. The summed E-state index contributed by atoms with van der Waals surface area (Å²) in [5.74, 6) is 1.78. The highest BCUT2D eigenvalue weighted by Gasteiger charge is 2.49. The van der Waals surface area contributed by atoms with Gasteiger partial charge in [0.2, 0.25) is 0 Å². The summed E-state index contributed by atoms with van der Waals surface area (Å²) in [4.78, 5) is 11.1. The van der Waals surface area contributed by atoms with Gasteiger partial charge in [0, 0.05) is 0 Å². The number of hydrogen-bond donors (Lipinski definition) is 1. The first-order chi connectivity index (χ1) is 8.47. The fourth-order valence-electron chi connectivity index (χ4n) is 5.16. The van der Waals surface area contributed by atoms with Gasteiger partial charge in [0.1, 0.15) is 0 Å². The summed E-state index contributed by atoms with van der Waals surface area (Å²) in [5.41, 5.74) is 1.44. The zero-order valence-electron chi connectivity index (χ0n) is 11.5. The van der Waals surface area contributed by atoms with E-state index in [1.54, 1.807) is 0 Å². The van der Waals surface area contributed by atoms with Gasteiger partial charge in [-0.25, -0.2) is 0 Å². The number of aliphatic carboxylic acids is 1. The lowest BCUT2D eigenvalue weighted by Crippen LogP contribution is -2.45. The summed E-state index contributed by atoms with van der Waals surface area (Å²) in [6.45, 7) is 3.83. The van der Waals surface area contributed by atoms with Crippen molar-refractivity contribution in [2.24, 2.45) is 29.1 Å². The number of carbonyl (C=O) groups is 1. The number of allylic oxidation sites excluding steroid dienone is 1. The molecule has 2 heteroatoms. The van der Waals surface area contributed by atoms with Crippen LogP contribution in [0.25, 0.3) is 0 Å². The normalized spacial score (nSPS) is 44.1. The Kier molecular flexibility index (Phi) is 2.80. The van der Waals surface area contributed by atoms with E-state index in [-0.39, 0.29) is 5.92 Å². The summed E-state index contributed by atoms with van der Waals surface area (Å²) in [5, 5.41) is 9.12. The third-order valence-electron chi connectivity index (χ3n) is 5.67. The Labute approximate surface area is 109 Å². The second-order valence-corrected chi connectivity index (χ2v) is 7.23. The Balaban J connectivity index is 1.83. The van der Waals surface area contributed by atoms with Gasteiger partial charge in [-0.1, -0.05) is 11.6 Å². The molecule has 0 spiro atoms. The van der Waals surface area contributed by atoms with Crippen LogP contribution in [0.3, 0.4) is 0 Å². The van der Waals surface area contributed by atoms with Crippen LogP contribution in [0, 0.1) is 29.1 Å². The van der Waals surface area contributed by atoms with Crippen molar-refractivity contribution in [2.75, 3.05) is 0 Å². The van der Waals surface area contributed by atoms with Crippen LogP contribution in [-0.2, 0) is 4.79 Å². The topological polar surface area (TPSA) is 37.3 Å². The highest BCUT2D eigenvalue weighted by atomic mass is 16.4. The zero-order chi connectivity index (χ0) is 12.9. The van der Waals surface area contributed by atoms with Crippen LogP contribution in [0.4, 0.5) is 0 Å². The summed E-state index contributed by atoms with van der Waals surface area (Å²) in [7, 11) is 0. The van der Waals surface area contributed by atoms with Crippen molar-refractivity contribution in [3.63, 3.8) is 0 Å². The maximum absolute atomic E-state index is 11.1. The third kappa shape index (κ3) is 2.00. The van der Waals surface area contributed by atoms with Gasteiger partial charge in [0.15, 0.2) is 0 Å². The summed E-state index contributed by atoms with van der Waals surface area (Å²) in [6, 6.07) is 0. The molecule has 0 aromatic rings. The molecular formula is C16H24O2. The van der Waals surface area contributed by atoms with E-state index in [1.165, 1.54) is 38.5 Å². The molecule has 1 unspecified atom stereocenters. The van der Waals surface area contributed by atoms with Crippen molar-refractivity contribution in [3.8, 4) is 0 Å². The first kappa shape index (κ1) is 12.3. The molecule has 18 heavy (non-hydrogen) atoms. The molecule has 0 amide bonds. The number of carboxylic acid groups (broad SMARTS) is 1. The predicted molar refractivity (Wildman–Crippen MR) is 71.2 cm³/mol. The van der Waals surface area contributed by atoms with E-state index in [4.69, 9.17) is 5.11 Å². The van der Waals surface area contributed by atoms with Crippen LogP contribution in [0.5, 0.6) is 0 Å². The first-order valence-corrected chi connectivity index (χ1v) is 7.39. The van der Waals surface area contributed by atoms with E-state index in [0.29, 0.717) is 5.41 Å². The Morgan fingerprint density at radius 3 is 2.00 bits per heavy atom. The zero-order valence-corrected chi connectivity index (χ0v) is 11.5. The SMILES string of the molecule is C/C(=C\C12CC3CC(CC(C3)C1)C2)C(C)C(=O)O. The molecule has 4 aliphatic rings. The predicted octanol–water partition coefficient (Wildman–Crippen LogP) is 3.87. The van der Waals surface area contributed by atoms with Gasteiger partial charge < -0.3 is 5.11 Å². The molecule has 4 fully saturated rings. The molecule has 4 rings (SSSR count). The number of hydrogen-bond acceptors (Lipinski definition) is 1. The molecule has 0 saturated heterocycles. The summed E-state index contributed by atoms with van der Waals surface area (Å²) < 4.78 is 0. The summed E-state index contributed by atoms with van der Waals surface area (Å²) >= 11 is 0. The van der Waals surface area contributed by atoms with Gasteiger partial charge in [-0.15, -0.1) is 0 Å². The average molecular weight is 248 g/mol. The number of rotatable bonds is 3. The lowest BCUT2D eigenvalue weighted by molar-refractivity contribution is -0.139. The third-order valence-corrected chi connectivity index (χ3v) is 5.67. The van der Waals surface area contributed by atoms with E-state index in [9.17, 15) is 4.79 Å². The van der Waals surface area contributed by atoms with Crippen molar-refractivity contribution < 1.29 is 9.90 Å². The van der Waals surface area contributed by atoms with Crippen molar-refractivity contribution in [3.05, 3.63) is 11.6 Å².